The summed E-state index contributed by atoms with van der Waals surface area (Å²) >= 11 is 5.78. The highest BCUT2D eigenvalue weighted by molar-refractivity contribution is 7.93. The van der Waals surface area contributed by atoms with Crippen molar-refractivity contribution in [3.05, 3.63) is 53.3 Å². The van der Waals surface area contributed by atoms with E-state index >= 15 is 0 Å². The second kappa shape index (κ2) is 5.33. The topological polar surface area (TPSA) is 98.6 Å². The molecule has 0 spiro atoms. The highest BCUT2D eigenvalue weighted by Gasteiger charge is 2.19. The minimum Gasteiger partial charge on any atom is -0.345 e. The van der Waals surface area contributed by atoms with Crippen LogP contribution in [0.3, 0.4) is 0 Å². The van der Waals surface area contributed by atoms with Crippen LogP contribution in [0.4, 0.5) is 5.69 Å². The Bertz CT molecular complexity index is 988. The van der Waals surface area contributed by atoms with Crippen LogP contribution in [0.25, 0.3) is 11.0 Å². The van der Waals surface area contributed by atoms with Gasteiger partial charge in [-0.05, 0) is 36.4 Å². The van der Waals surface area contributed by atoms with Crippen LogP contribution >= 0.6 is 11.6 Å². The van der Waals surface area contributed by atoms with Crippen molar-refractivity contribution in [2.24, 2.45) is 0 Å². The van der Waals surface area contributed by atoms with Gasteiger partial charge in [-0.3, -0.25) is 4.72 Å². The summed E-state index contributed by atoms with van der Waals surface area (Å²) in [5.74, 6) is 0. The lowest BCUT2D eigenvalue weighted by molar-refractivity contribution is 0.602. The lowest BCUT2D eigenvalue weighted by Gasteiger charge is -2.07. The van der Waals surface area contributed by atoms with E-state index in [-0.39, 0.29) is 10.0 Å². The number of fused-ring (bicyclic) bond motifs is 1. The Hall–Kier alpha value is -2.56. The maximum Gasteiger partial charge on any atom is 0.264 e. The summed E-state index contributed by atoms with van der Waals surface area (Å²) in [7, 11) is -3.78. The third-order valence-corrected chi connectivity index (χ3v) is 4.65. The van der Waals surface area contributed by atoms with Gasteiger partial charge in [-0.2, -0.15) is 5.26 Å². The summed E-state index contributed by atoms with van der Waals surface area (Å²) in [6.45, 7) is 0. The number of sulfonamides is 1. The zero-order valence-electron chi connectivity index (χ0n) is 11.0. The maximum atomic E-state index is 12.5. The Morgan fingerprint density at radius 3 is 2.59 bits per heavy atom. The van der Waals surface area contributed by atoms with Gasteiger partial charge in [0.2, 0.25) is 0 Å². The molecule has 3 rings (SSSR count). The van der Waals surface area contributed by atoms with Crippen LogP contribution in [0.5, 0.6) is 0 Å². The van der Waals surface area contributed by atoms with Crippen LogP contribution in [-0.4, -0.2) is 18.4 Å². The Kier molecular flexibility index (Phi) is 3.48. The fourth-order valence-electron chi connectivity index (χ4n) is 2.00. The van der Waals surface area contributed by atoms with Crippen molar-refractivity contribution in [2.45, 2.75) is 4.90 Å². The van der Waals surface area contributed by atoms with Crippen molar-refractivity contribution in [3.8, 4) is 6.07 Å². The van der Waals surface area contributed by atoms with Crippen LogP contribution < -0.4 is 4.72 Å². The molecule has 110 valence electrons. The van der Waals surface area contributed by atoms with Gasteiger partial charge in [-0.15, -0.1) is 0 Å². The molecule has 6 nitrogen and oxygen atoms in total. The molecule has 3 aromatic rings. The first-order chi connectivity index (χ1) is 10.5. The first kappa shape index (κ1) is 14.4. The molecule has 0 aliphatic heterocycles. The number of rotatable bonds is 3. The number of hydrogen-bond acceptors (Lipinski definition) is 4. The van der Waals surface area contributed by atoms with Crippen molar-refractivity contribution in [2.75, 3.05) is 4.72 Å². The minimum atomic E-state index is -3.78. The van der Waals surface area contributed by atoms with Crippen LogP contribution in [-0.2, 0) is 10.0 Å². The maximum absolute atomic E-state index is 12.5. The smallest absolute Gasteiger partial charge is 0.264 e. The van der Waals surface area contributed by atoms with Gasteiger partial charge in [-0.1, -0.05) is 11.6 Å². The number of aromatic nitrogens is 2. The van der Waals surface area contributed by atoms with E-state index in [4.69, 9.17) is 16.9 Å². The van der Waals surface area contributed by atoms with Crippen molar-refractivity contribution in [1.29, 1.82) is 5.26 Å². The number of H-pyrrole nitrogens is 1. The number of pyridine rings is 1. The largest absolute Gasteiger partial charge is 0.345 e. The number of benzene rings is 1. The van der Waals surface area contributed by atoms with Gasteiger partial charge in [0, 0.05) is 17.3 Å². The van der Waals surface area contributed by atoms with Gasteiger partial charge in [-0.25, -0.2) is 13.4 Å². The van der Waals surface area contributed by atoms with Gasteiger partial charge in [0.1, 0.15) is 15.7 Å². The normalized spacial score (nSPS) is 11.3. The van der Waals surface area contributed by atoms with Gasteiger partial charge >= 0.3 is 0 Å². The Morgan fingerprint density at radius 1 is 1.18 bits per heavy atom. The summed E-state index contributed by atoms with van der Waals surface area (Å²) in [6, 6.07) is 11.2. The lowest BCUT2D eigenvalue weighted by atomic mass is 10.2. The zero-order chi connectivity index (χ0) is 15.7. The molecule has 0 bridgehead atoms. The summed E-state index contributed by atoms with van der Waals surface area (Å²) in [5, 5.41) is 9.47. The molecule has 22 heavy (non-hydrogen) atoms. The number of anilines is 1. The highest BCUT2D eigenvalue weighted by Crippen LogP contribution is 2.25. The Morgan fingerprint density at radius 2 is 1.91 bits per heavy atom. The van der Waals surface area contributed by atoms with E-state index < -0.39 is 10.0 Å². The molecule has 8 heteroatoms. The molecule has 0 atom stereocenters. The first-order valence-electron chi connectivity index (χ1n) is 6.16. The molecule has 2 heterocycles. The molecule has 0 aliphatic rings. The van der Waals surface area contributed by atoms with Crippen LogP contribution in [0.2, 0.25) is 5.15 Å². The number of nitriles is 1. The molecule has 0 saturated heterocycles. The summed E-state index contributed by atoms with van der Waals surface area (Å²) in [4.78, 5) is 6.88. The van der Waals surface area contributed by atoms with E-state index in [1.807, 2.05) is 6.07 Å². The summed E-state index contributed by atoms with van der Waals surface area (Å²) in [6.07, 6.45) is 1.36. The SMILES string of the molecule is N#Cc1ccc(NS(=O)(=O)c2c[nH]c3nc(Cl)ccc23)cc1. The standard InChI is InChI=1S/C14H9ClN4O2S/c15-13-6-5-11-12(8-17-14(11)18-13)22(20,21)19-10-3-1-9(7-16)2-4-10/h1-6,8,19H,(H,17,18). The van der Waals surface area contributed by atoms with E-state index in [1.165, 1.54) is 36.5 Å². The monoisotopic (exact) mass is 332 g/mol. The number of hydrogen-bond donors (Lipinski definition) is 2. The van der Waals surface area contributed by atoms with Crippen molar-refractivity contribution >= 4 is 38.3 Å². The van der Waals surface area contributed by atoms with E-state index in [9.17, 15) is 8.42 Å². The average Bonchev–Trinajstić information content (AvgIpc) is 2.91. The number of nitrogens with one attached hydrogen (secondary N) is 2. The second-order valence-electron chi connectivity index (χ2n) is 4.48. The van der Waals surface area contributed by atoms with Crippen LogP contribution in [0, 0.1) is 11.3 Å². The summed E-state index contributed by atoms with van der Waals surface area (Å²) in [5.41, 5.74) is 1.22. The third kappa shape index (κ3) is 2.62. The molecule has 2 N–H and O–H groups in total. The molecule has 1 aromatic carbocycles. The molecule has 0 fully saturated rings. The average molecular weight is 333 g/mol. The minimum absolute atomic E-state index is 0.0797. The molecule has 0 saturated carbocycles. The fourth-order valence-corrected chi connectivity index (χ4v) is 3.37. The first-order valence-corrected chi connectivity index (χ1v) is 8.02. The van der Waals surface area contributed by atoms with Crippen LogP contribution in [0.15, 0.2) is 47.5 Å². The molecular formula is C14H9ClN4O2S. The van der Waals surface area contributed by atoms with E-state index in [0.29, 0.717) is 22.3 Å². The molecule has 2 aromatic heterocycles. The van der Waals surface area contributed by atoms with Crippen molar-refractivity contribution < 1.29 is 8.42 Å². The third-order valence-electron chi connectivity index (χ3n) is 3.02. The zero-order valence-corrected chi connectivity index (χ0v) is 12.6. The van der Waals surface area contributed by atoms with Crippen LogP contribution in [0.1, 0.15) is 5.56 Å². The predicted octanol–water partition coefficient (Wildman–Crippen LogP) is 2.89. The van der Waals surface area contributed by atoms with E-state index in [0.717, 1.165) is 0 Å². The van der Waals surface area contributed by atoms with E-state index in [1.54, 1.807) is 6.07 Å². The quantitative estimate of drug-likeness (QED) is 0.720. The molecule has 0 aliphatic carbocycles. The molecule has 0 unspecified atom stereocenters. The number of nitrogens with zero attached hydrogens (tertiary/aromatic N) is 2. The molecule has 0 amide bonds. The second-order valence-corrected chi connectivity index (χ2v) is 6.52. The Balaban J connectivity index is 1.99. The van der Waals surface area contributed by atoms with E-state index in [2.05, 4.69) is 14.7 Å². The summed E-state index contributed by atoms with van der Waals surface area (Å²) < 4.78 is 27.4. The number of halogens is 1. The Labute approximate surface area is 131 Å². The number of aromatic amines is 1. The van der Waals surface area contributed by atoms with Crippen molar-refractivity contribution in [1.82, 2.24) is 9.97 Å². The predicted molar refractivity (Wildman–Crippen MR) is 83.1 cm³/mol. The van der Waals surface area contributed by atoms with Gasteiger partial charge < -0.3 is 4.98 Å². The lowest BCUT2D eigenvalue weighted by Crippen LogP contribution is -2.12. The van der Waals surface area contributed by atoms with Gasteiger partial charge in [0.15, 0.2) is 0 Å². The molecular weight excluding hydrogens is 324 g/mol. The van der Waals surface area contributed by atoms with Crippen molar-refractivity contribution in [3.63, 3.8) is 0 Å². The van der Waals surface area contributed by atoms with Gasteiger partial charge in [0.05, 0.1) is 11.6 Å². The highest BCUT2D eigenvalue weighted by atomic mass is 35.5. The fraction of sp³-hybridized carbons (Fsp3) is 0. The molecule has 0 radical (unpaired) electrons. The van der Waals surface area contributed by atoms with Gasteiger partial charge in [0.25, 0.3) is 10.0 Å².